The second kappa shape index (κ2) is 5.79. The summed E-state index contributed by atoms with van der Waals surface area (Å²) in [7, 11) is 0. The lowest BCUT2D eigenvalue weighted by Gasteiger charge is -2.22. The largest absolute Gasteiger partial charge is 0.467 e. The van der Waals surface area contributed by atoms with Crippen LogP contribution < -0.4 is 0 Å². The first-order chi connectivity index (χ1) is 9.79. The average Bonchev–Trinajstić information content (AvgIpc) is 3.19. The Hall–Kier alpha value is -1.62. The molecule has 0 spiro atoms. The highest BCUT2D eigenvalue weighted by Gasteiger charge is 2.33. The molecule has 4 nitrogen and oxygen atoms in total. The Labute approximate surface area is 122 Å². The van der Waals surface area contributed by atoms with Crippen molar-refractivity contribution >= 4 is 17.2 Å². The summed E-state index contributed by atoms with van der Waals surface area (Å²) in [6, 6.07) is 3.88. The van der Waals surface area contributed by atoms with Gasteiger partial charge in [-0.3, -0.25) is 4.79 Å². The molecule has 0 bridgehead atoms. The molecule has 3 heterocycles. The van der Waals surface area contributed by atoms with Gasteiger partial charge in [-0.05, 0) is 37.8 Å². The van der Waals surface area contributed by atoms with Crippen LogP contribution in [0.3, 0.4) is 0 Å². The fraction of sp³-hybridized carbons (Fsp3) is 0.467. The fourth-order valence-electron chi connectivity index (χ4n) is 2.67. The van der Waals surface area contributed by atoms with Crippen molar-refractivity contribution in [3.8, 4) is 0 Å². The van der Waals surface area contributed by atoms with Gasteiger partial charge in [0.15, 0.2) is 0 Å². The molecule has 1 aliphatic heterocycles. The van der Waals surface area contributed by atoms with E-state index in [1.54, 1.807) is 17.6 Å². The molecule has 1 atom stereocenters. The molecular weight excluding hydrogens is 272 g/mol. The molecule has 5 heteroatoms. The Morgan fingerprint density at radius 1 is 1.60 bits per heavy atom. The molecule has 106 valence electrons. The quantitative estimate of drug-likeness (QED) is 0.863. The van der Waals surface area contributed by atoms with Crippen LogP contribution in [0.2, 0.25) is 0 Å². The number of carbonyl (C=O) groups excluding carboxylic acids is 1. The summed E-state index contributed by atoms with van der Waals surface area (Å²) in [4.78, 5) is 18.9. The highest BCUT2D eigenvalue weighted by molar-refractivity contribution is 7.09. The summed E-state index contributed by atoms with van der Waals surface area (Å²) in [5.74, 6) is 0.905. The minimum absolute atomic E-state index is 0.0301. The molecule has 1 aliphatic rings. The summed E-state index contributed by atoms with van der Waals surface area (Å²) in [6.45, 7) is 2.90. The van der Waals surface area contributed by atoms with E-state index in [9.17, 15) is 4.79 Å². The molecular formula is C15H18N2O2S. The molecule has 0 saturated carbocycles. The molecule has 2 aromatic rings. The fourth-order valence-corrected chi connectivity index (χ4v) is 3.55. The SMILES string of the molecule is CCCc1nc(C(=O)N2CCC[C@@H]2c2ccco2)cs1. The smallest absolute Gasteiger partial charge is 0.273 e. The molecule has 2 aromatic heterocycles. The Morgan fingerprint density at radius 3 is 3.25 bits per heavy atom. The van der Waals surface area contributed by atoms with E-state index in [0.29, 0.717) is 5.69 Å². The summed E-state index contributed by atoms with van der Waals surface area (Å²) in [5, 5.41) is 2.93. The van der Waals surface area contributed by atoms with Crippen LogP contribution >= 0.6 is 11.3 Å². The van der Waals surface area contributed by atoms with Crippen molar-refractivity contribution in [2.24, 2.45) is 0 Å². The Balaban J connectivity index is 1.78. The first-order valence-electron chi connectivity index (χ1n) is 7.08. The molecule has 3 rings (SSSR count). The van der Waals surface area contributed by atoms with Crippen LogP contribution in [0.15, 0.2) is 28.2 Å². The van der Waals surface area contributed by atoms with Crippen LogP contribution in [0.5, 0.6) is 0 Å². The summed E-state index contributed by atoms with van der Waals surface area (Å²) < 4.78 is 5.47. The predicted molar refractivity (Wildman–Crippen MR) is 77.8 cm³/mol. The van der Waals surface area contributed by atoms with Crippen molar-refractivity contribution < 1.29 is 9.21 Å². The van der Waals surface area contributed by atoms with Gasteiger partial charge in [0, 0.05) is 11.9 Å². The molecule has 0 unspecified atom stereocenters. The van der Waals surface area contributed by atoms with Gasteiger partial charge in [0.1, 0.15) is 11.5 Å². The van der Waals surface area contributed by atoms with E-state index in [1.165, 1.54) is 0 Å². The van der Waals surface area contributed by atoms with E-state index in [1.807, 2.05) is 22.4 Å². The summed E-state index contributed by atoms with van der Waals surface area (Å²) >= 11 is 1.58. The first kappa shape index (κ1) is 13.4. The zero-order chi connectivity index (χ0) is 13.9. The van der Waals surface area contributed by atoms with E-state index in [0.717, 1.165) is 43.0 Å². The standard InChI is InChI=1S/C15H18N2O2S/c1-2-5-14-16-11(10-20-14)15(18)17-8-3-6-12(17)13-7-4-9-19-13/h4,7,9-10,12H,2-3,5-6,8H2,1H3/t12-/m1/s1. The van der Waals surface area contributed by atoms with Crippen LogP contribution in [-0.2, 0) is 6.42 Å². The van der Waals surface area contributed by atoms with Gasteiger partial charge in [-0.2, -0.15) is 0 Å². The monoisotopic (exact) mass is 290 g/mol. The molecule has 1 amide bonds. The van der Waals surface area contributed by atoms with Crippen LogP contribution in [0.25, 0.3) is 0 Å². The van der Waals surface area contributed by atoms with Gasteiger partial charge < -0.3 is 9.32 Å². The van der Waals surface area contributed by atoms with E-state index < -0.39 is 0 Å². The van der Waals surface area contributed by atoms with Gasteiger partial charge in [-0.15, -0.1) is 11.3 Å². The number of furan rings is 1. The second-order valence-electron chi connectivity index (χ2n) is 5.05. The minimum atomic E-state index is 0.0301. The second-order valence-corrected chi connectivity index (χ2v) is 5.99. The maximum absolute atomic E-state index is 12.6. The maximum atomic E-state index is 12.6. The van der Waals surface area contributed by atoms with Crippen molar-refractivity contribution in [3.63, 3.8) is 0 Å². The highest BCUT2D eigenvalue weighted by Crippen LogP contribution is 2.33. The van der Waals surface area contributed by atoms with Crippen LogP contribution in [0.4, 0.5) is 0 Å². The number of carbonyl (C=O) groups is 1. The van der Waals surface area contributed by atoms with Crippen molar-refractivity contribution in [1.29, 1.82) is 0 Å². The Morgan fingerprint density at radius 2 is 2.50 bits per heavy atom. The van der Waals surface area contributed by atoms with Crippen molar-refractivity contribution in [1.82, 2.24) is 9.88 Å². The Bertz CT molecular complexity index is 576. The number of hydrogen-bond acceptors (Lipinski definition) is 4. The van der Waals surface area contributed by atoms with Gasteiger partial charge in [0.25, 0.3) is 5.91 Å². The predicted octanol–water partition coefficient (Wildman–Crippen LogP) is 3.67. The van der Waals surface area contributed by atoms with Gasteiger partial charge in [-0.25, -0.2) is 4.98 Å². The normalized spacial score (nSPS) is 18.6. The molecule has 0 aliphatic carbocycles. The third-order valence-electron chi connectivity index (χ3n) is 3.62. The summed E-state index contributed by atoms with van der Waals surface area (Å²) in [6.07, 6.45) is 5.65. The molecule has 20 heavy (non-hydrogen) atoms. The van der Waals surface area contributed by atoms with E-state index >= 15 is 0 Å². The number of likely N-dealkylation sites (tertiary alicyclic amines) is 1. The van der Waals surface area contributed by atoms with Crippen LogP contribution in [0.1, 0.15) is 53.5 Å². The van der Waals surface area contributed by atoms with Gasteiger partial charge >= 0.3 is 0 Å². The highest BCUT2D eigenvalue weighted by atomic mass is 32.1. The van der Waals surface area contributed by atoms with Gasteiger partial charge in [-0.1, -0.05) is 6.92 Å². The third-order valence-corrected chi connectivity index (χ3v) is 4.53. The topological polar surface area (TPSA) is 46.3 Å². The zero-order valence-electron chi connectivity index (χ0n) is 11.5. The third kappa shape index (κ3) is 2.50. The number of rotatable bonds is 4. The van der Waals surface area contributed by atoms with Gasteiger partial charge in [0.2, 0.25) is 0 Å². The van der Waals surface area contributed by atoms with E-state index in [-0.39, 0.29) is 11.9 Å². The van der Waals surface area contributed by atoms with Crippen molar-refractivity contribution in [3.05, 3.63) is 40.2 Å². The number of amides is 1. The molecule has 0 radical (unpaired) electrons. The number of hydrogen-bond donors (Lipinski definition) is 0. The first-order valence-corrected chi connectivity index (χ1v) is 7.96. The molecule has 1 fully saturated rings. The number of aryl methyl sites for hydroxylation is 1. The number of thiazole rings is 1. The van der Waals surface area contributed by atoms with Crippen molar-refractivity contribution in [2.45, 2.75) is 38.6 Å². The number of aromatic nitrogens is 1. The lowest BCUT2D eigenvalue weighted by atomic mass is 10.1. The lowest BCUT2D eigenvalue weighted by molar-refractivity contribution is 0.0714. The lowest BCUT2D eigenvalue weighted by Crippen LogP contribution is -2.30. The molecule has 0 N–H and O–H groups in total. The molecule has 1 saturated heterocycles. The Kier molecular flexibility index (Phi) is 3.87. The van der Waals surface area contributed by atoms with Gasteiger partial charge in [0.05, 0.1) is 17.3 Å². The van der Waals surface area contributed by atoms with E-state index in [4.69, 9.17) is 4.42 Å². The average molecular weight is 290 g/mol. The minimum Gasteiger partial charge on any atom is -0.467 e. The van der Waals surface area contributed by atoms with E-state index in [2.05, 4.69) is 11.9 Å². The molecule has 0 aromatic carbocycles. The summed E-state index contributed by atoms with van der Waals surface area (Å²) in [5.41, 5.74) is 0.580. The van der Waals surface area contributed by atoms with Crippen molar-refractivity contribution in [2.75, 3.05) is 6.54 Å². The number of nitrogens with zero attached hydrogens (tertiary/aromatic N) is 2. The van der Waals surface area contributed by atoms with Crippen LogP contribution in [0, 0.1) is 0 Å². The zero-order valence-corrected chi connectivity index (χ0v) is 12.4. The van der Waals surface area contributed by atoms with Crippen LogP contribution in [-0.4, -0.2) is 22.3 Å². The maximum Gasteiger partial charge on any atom is 0.273 e.